The molecular weight excluding hydrogens is 1320 g/mol. The van der Waals surface area contributed by atoms with E-state index in [1.807, 2.05) is 13.8 Å². The Morgan fingerprint density at radius 1 is 0.546 bits per heavy atom. The predicted octanol–water partition coefficient (Wildman–Crippen LogP) is -4.46. The van der Waals surface area contributed by atoms with Crippen LogP contribution in [0.4, 0.5) is 0 Å². The lowest BCUT2D eigenvalue weighted by molar-refractivity contribution is -0.413. The Balaban J connectivity index is 0.938. The molecule has 6 aliphatic heterocycles. The molecule has 0 aromatic rings. The Morgan fingerprint density at radius 2 is 1.02 bits per heavy atom. The molecule has 17 N–H and O–H groups in total. The van der Waals surface area contributed by atoms with E-state index in [0.29, 0.717) is 32.1 Å². The maximum absolute atomic E-state index is 13.3. The number of hydrogen-bond acceptors (Lipinski definition) is 32. The molecular formula is C63H104O33S. The van der Waals surface area contributed by atoms with Crippen molar-refractivity contribution in [1.82, 2.24) is 0 Å². The zero-order valence-corrected chi connectivity index (χ0v) is 56.6. The fourth-order valence-electron chi connectivity index (χ4n) is 17.5. The highest BCUT2D eigenvalue weighted by atomic mass is 32.3. The number of aliphatic hydroxyl groups excluding tert-OH is 15. The fraction of sp³-hybridized carbons (Fsp3) is 0.952. The van der Waals surface area contributed by atoms with Crippen molar-refractivity contribution in [2.45, 2.75) is 322 Å². The second-order valence-corrected chi connectivity index (χ2v) is 31.0. The van der Waals surface area contributed by atoms with Crippen molar-refractivity contribution in [2.24, 2.45) is 40.4 Å². The van der Waals surface area contributed by atoms with Crippen LogP contribution in [0.3, 0.4) is 0 Å². The predicted molar refractivity (Wildman–Crippen MR) is 323 cm³/mol. The van der Waals surface area contributed by atoms with E-state index in [1.165, 1.54) is 27.7 Å². The molecule has 10 aliphatic rings. The molecule has 4 aliphatic carbocycles. The van der Waals surface area contributed by atoms with Gasteiger partial charge in [0.1, 0.15) is 128 Å². The number of ether oxygens (including phenoxy) is 12. The minimum Gasteiger partial charge on any atom is -0.394 e. The van der Waals surface area contributed by atoms with Gasteiger partial charge in [0.2, 0.25) is 0 Å². The van der Waals surface area contributed by atoms with E-state index in [2.05, 4.69) is 19.9 Å². The third-order valence-electron chi connectivity index (χ3n) is 22.7. The van der Waals surface area contributed by atoms with Crippen molar-refractivity contribution >= 4 is 16.2 Å². The van der Waals surface area contributed by atoms with Crippen LogP contribution in [0.2, 0.25) is 0 Å². The Bertz CT molecular complexity index is 2790. The first-order valence-electron chi connectivity index (χ1n) is 33.9. The Hall–Kier alpha value is -1.84. The van der Waals surface area contributed by atoms with Gasteiger partial charge in [0.05, 0.1) is 55.4 Å². The summed E-state index contributed by atoms with van der Waals surface area (Å²) in [6, 6.07) is 0. The van der Waals surface area contributed by atoms with E-state index in [-0.39, 0.29) is 55.1 Å². The van der Waals surface area contributed by atoms with Gasteiger partial charge in [-0.3, -0.25) is 9.35 Å². The highest BCUT2D eigenvalue weighted by molar-refractivity contribution is 7.80. The maximum atomic E-state index is 13.3. The number of aliphatic hydroxyl groups is 16. The number of carbonyl (C=O) groups is 1. The van der Waals surface area contributed by atoms with Crippen LogP contribution in [0.15, 0.2) is 11.6 Å². The number of Topliss-reactive ketones (excluding diaryl/α,β-unsaturated/α-hetero) is 1. The number of hydrogen-bond donors (Lipinski definition) is 17. The number of carbonyl (C=O) groups excluding carboxylic acids is 1. The van der Waals surface area contributed by atoms with Gasteiger partial charge in [0.25, 0.3) is 0 Å². The molecule has 34 heteroatoms. The van der Waals surface area contributed by atoms with Crippen molar-refractivity contribution < 1.29 is 160 Å². The lowest BCUT2D eigenvalue weighted by Crippen LogP contribution is -2.69. The lowest BCUT2D eigenvalue weighted by Gasteiger charge is -2.60. The quantitative estimate of drug-likeness (QED) is 0.0381. The summed E-state index contributed by atoms with van der Waals surface area (Å²) in [5, 5.41) is 180. The zero-order valence-electron chi connectivity index (χ0n) is 55.8. The number of ketones is 1. The van der Waals surface area contributed by atoms with Crippen LogP contribution in [-0.4, -0.2) is 316 Å². The Labute approximate surface area is 562 Å². The maximum Gasteiger partial charge on any atom is 0.397 e. The SMILES string of the molecule is CC(C)CC(=O)CC(C)(O)C1CCC2C3CC(OC4OC(C)C(O)C(OC5OC(C)C(OC6OC(CO)C(OC7OC(CO)C(O)C(O)C7O)C(O)C6OC6OC(C)C(O)C(O)C6O)C(O)C5OC5OC(C)C(O)C(O)C5O)C4O)C4CC(OS(=O)(=O)O)CCC4(C)C3=CCC21C. The van der Waals surface area contributed by atoms with Crippen molar-refractivity contribution in [2.75, 3.05) is 13.2 Å². The topological polar surface area (TPSA) is 515 Å². The first kappa shape index (κ1) is 77.8. The summed E-state index contributed by atoms with van der Waals surface area (Å²) in [7, 11) is -4.92. The van der Waals surface area contributed by atoms with Crippen LogP contribution in [0.5, 0.6) is 0 Å². The third-order valence-corrected chi connectivity index (χ3v) is 23.2. The molecule has 560 valence electrons. The summed E-state index contributed by atoms with van der Waals surface area (Å²) in [4.78, 5) is 13.3. The monoisotopic (exact) mass is 1420 g/mol. The molecule has 97 heavy (non-hydrogen) atoms. The summed E-state index contributed by atoms with van der Waals surface area (Å²) < 4.78 is 114. The van der Waals surface area contributed by atoms with Crippen molar-refractivity contribution in [3.05, 3.63) is 11.6 Å². The van der Waals surface area contributed by atoms with Gasteiger partial charge in [-0.25, -0.2) is 4.18 Å². The lowest BCUT2D eigenvalue weighted by atomic mass is 9.47. The highest BCUT2D eigenvalue weighted by Crippen LogP contribution is 2.67. The average Bonchev–Trinajstić information content (AvgIpc) is 1.67. The normalized spacial score (nSPS) is 52.0. The minimum atomic E-state index is -4.92. The summed E-state index contributed by atoms with van der Waals surface area (Å²) in [5.41, 5.74) is -1.39. The fourth-order valence-corrected chi connectivity index (χ4v) is 18.1. The standard InChI is InChI=1S/C63H104O33S/c1-22(2)16-27(66)19-63(9,80)36-11-10-30-29-18-33(32-17-28(96-97(81,82)83)12-14-61(32,7)31(29)13-15-62(30,36)8)88-58-49(79)52(39(69)25(5)86-58)93-59-53(94-55-44(74)41(71)37(67)23(3)84-55)47(77)50(26(6)87-59)91-60-54(95-56-45(75)42(72)38(68)24(4)85-56)48(78)51(35(21-65)90-60)92-57-46(76)43(73)40(70)34(20-64)89-57/h13,22-26,28-30,32-60,64-65,67-80H,10-12,14-21H2,1-9H3,(H,81,82,83). The van der Waals surface area contributed by atoms with Gasteiger partial charge in [0.15, 0.2) is 37.7 Å². The van der Waals surface area contributed by atoms with Gasteiger partial charge < -0.3 is 139 Å². The molecule has 0 amide bonds. The van der Waals surface area contributed by atoms with Crippen molar-refractivity contribution in [3.63, 3.8) is 0 Å². The first-order valence-corrected chi connectivity index (χ1v) is 35.2. The van der Waals surface area contributed by atoms with Crippen LogP contribution >= 0.6 is 0 Å². The van der Waals surface area contributed by atoms with Gasteiger partial charge in [-0.15, -0.1) is 0 Å². The van der Waals surface area contributed by atoms with Crippen LogP contribution in [0, 0.1) is 40.4 Å². The molecule has 9 fully saturated rings. The number of allylic oxidation sites excluding steroid dienone is 2. The summed E-state index contributed by atoms with van der Waals surface area (Å²) >= 11 is 0. The summed E-state index contributed by atoms with van der Waals surface area (Å²) in [6.07, 6.45) is -50.8. The molecule has 39 unspecified atom stereocenters. The van der Waals surface area contributed by atoms with E-state index in [0.717, 1.165) is 5.57 Å². The second-order valence-electron chi connectivity index (χ2n) is 29.9. The average molecular weight is 1420 g/mol. The molecule has 0 aromatic carbocycles. The number of rotatable bonds is 21. The minimum absolute atomic E-state index is 0.0126. The smallest absolute Gasteiger partial charge is 0.394 e. The second kappa shape index (κ2) is 30.3. The molecule has 33 nitrogen and oxygen atoms in total. The highest BCUT2D eigenvalue weighted by Gasteiger charge is 2.64. The Kier molecular flexibility index (Phi) is 24.3. The van der Waals surface area contributed by atoms with Crippen LogP contribution in [0.25, 0.3) is 0 Å². The van der Waals surface area contributed by atoms with E-state index >= 15 is 0 Å². The zero-order chi connectivity index (χ0) is 71.2. The largest absolute Gasteiger partial charge is 0.397 e. The summed E-state index contributed by atoms with van der Waals surface area (Å²) in [6.45, 7) is 13.4. The summed E-state index contributed by atoms with van der Waals surface area (Å²) in [5.74, 6) is -0.986. The molecule has 0 aromatic heterocycles. The van der Waals surface area contributed by atoms with Crippen LogP contribution in [-0.2, 0) is 76.2 Å². The molecule has 39 atom stereocenters. The molecule has 0 bridgehead atoms. The number of fused-ring (bicyclic) bond motifs is 5. The molecule has 0 spiro atoms. The van der Waals surface area contributed by atoms with Gasteiger partial charge >= 0.3 is 10.4 Å². The van der Waals surface area contributed by atoms with Crippen LogP contribution < -0.4 is 0 Å². The molecule has 0 radical (unpaired) electrons. The van der Waals surface area contributed by atoms with Crippen LogP contribution in [0.1, 0.15) is 120 Å². The van der Waals surface area contributed by atoms with Gasteiger partial charge in [0, 0.05) is 12.8 Å². The Morgan fingerprint density at radius 3 is 1.58 bits per heavy atom. The first-order chi connectivity index (χ1) is 45.3. The van der Waals surface area contributed by atoms with Crippen molar-refractivity contribution in [1.29, 1.82) is 0 Å². The van der Waals surface area contributed by atoms with Gasteiger partial charge in [-0.1, -0.05) is 39.3 Å². The van der Waals surface area contributed by atoms with E-state index in [1.54, 1.807) is 6.92 Å². The molecule has 3 saturated carbocycles. The van der Waals surface area contributed by atoms with E-state index in [4.69, 9.17) is 61.0 Å². The third kappa shape index (κ3) is 15.5. The van der Waals surface area contributed by atoms with E-state index < -0.39 is 242 Å². The molecule has 6 saturated heterocycles. The molecule has 10 rings (SSSR count). The molecule has 6 heterocycles. The van der Waals surface area contributed by atoms with E-state index in [9.17, 15) is 99.5 Å². The van der Waals surface area contributed by atoms with Crippen molar-refractivity contribution in [3.8, 4) is 0 Å². The van der Waals surface area contributed by atoms with Gasteiger partial charge in [-0.05, 0) is 120 Å². The van der Waals surface area contributed by atoms with Gasteiger partial charge in [-0.2, -0.15) is 8.42 Å².